The van der Waals surface area contributed by atoms with Gasteiger partial charge in [-0.3, -0.25) is 4.79 Å². The van der Waals surface area contributed by atoms with Crippen molar-refractivity contribution in [2.24, 2.45) is 41.4 Å². The van der Waals surface area contributed by atoms with Gasteiger partial charge in [0.15, 0.2) is 11.6 Å². The lowest BCUT2D eigenvalue weighted by Gasteiger charge is -2.50. The first-order valence-electron chi connectivity index (χ1n) is 19.8. The third-order valence-corrected chi connectivity index (χ3v) is 14.4. The van der Waals surface area contributed by atoms with Crippen molar-refractivity contribution in [1.82, 2.24) is 0 Å². The minimum Gasteiger partial charge on any atom is -0.481 e. The zero-order valence-corrected chi connectivity index (χ0v) is 32.7. The number of carbonyl (C=O) groups is 1. The molecular weight excluding hydrogens is 640 g/mol. The third kappa shape index (κ3) is 6.96. The van der Waals surface area contributed by atoms with E-state index in [9.17, 15) is 15.0 Å². The van der Waals surface area contributed by atoms with Crippen LogP contribution < -0.4 is 0 Å². The van der Waals surface area contributed by atoms with Gasteiger partial charge in [0, 0.05) is 37.7 Å². The van der Waals surface area contributed by atoms with Crippen LogP contribution in [0.4, 0.5) is 0 Å². The highest BCUT2D eigenvalue weighted by molar-refractivity contribution is 5.70. The van der Waals surface area contributed by atoms with E-state index in [0.29, 0.717) is 18.3 Å². The van der Waals surface area contributed by atoms with Gasteiger partial charge in [0.2, 0.25) is 0 Å². The van der Waals surface area contributed by atoms with E-state index < -0.39 is 34.7 Å². The Morgan fingerprint density at radius 1 is 0.840 bits per heavy atom. The number of carboxylic acids is 1. The van der Waals surface area contributed by atoms with E-state index >= 15 is 0 Å². The van der Waals surface area contributed by atoms with Crippen LogP contribution >= 0.6 is 0 Å². The molecule has 6 heterocycles. The molecule has 0 amide bonds. The molecule has 50 heavy (non-hydrogen) atoms. The van der Waals surface area contributed by atoms with Crippen LogP contribution in [0, 0.1) is 41.4 Å². The van der Waals surface area contributed by atoms with Crippen molar-refractivity contribution in [3.05, 3.63) is 0 Å². The van der Waals surface area contributed by atoms with Gasteiger partial charge in [-0.05, 0) is 90.4 Å². The van der Waals surface area contributed by atoms with Crippen LogP contribution in [0.5, 0.6) is 0 Å². The molecule has 6 fully saturated rings. The van der Waals surface area contributed by atoms with E-state index in [-0.39, 0.29) is 72.5 Å². The van der Waals surface area contributed by atoms with Gasteiger partial charge in [0.25, 0.3) is 0 Å². The summed E-state index contributed by atoms with van der Waals surface area (Å²) in [6, 6.07) is 0. The molecule has 0 aliphatic carbocycles. The second-order valence-electron chi connectivity index (χ2n) is 18.4. The van der Waals surface area contributed by atoms with Gasteiger partial charge in [-0.25, -0.2) is 0 Å². The SMILES string of the molecule is CO[C@@H]1CC(CC2CC[C@H](C)C([C@@H](C)C(=O)O)O2)OC2(O[C@](C)(C3CC[C@@](C)(C4OC(C5O[C@](C)(O)[C@H](C)C[C@@H]5C)C[C@@H]4C)O3)CC2C)[C@@H]1C. The molecule has 0 bridgehead atoms. The second-order valence-corrected chi connectivity index (χ2v) is 18.4. The van der Waals surface area contributed by atoms with Crippen molar-refractivity contribution in [1.29, 1.82) is 0 Å². The Hall–Kier alpha value is -0.850. The van der Waals surface area contributed by atoms with Crippen molar-refractivity contribution in [3.63, 3.8) is 0 Å². The maximum Gasteiger partial charge on any atom is 0.308 e. The molecule has 6 saturated heterocycles. The second kappa shape index (κ2) is 14.1. The molecule has 0 aromatic heterocycles. The first-order chi connectivity index (χ1) is 23.3. The van der Waals surface area contributed by atoms with Gasteiger partial charge in [-0.15, -0.1) is 0 Å². The smallest absolute Gasteiger partial charge is 0.308 e. The number of ether oxygens (including phenoxy) is 7. The molecule has 10 nitrogen and oxygen atoms in total. The highest BCUT2D eigenvalue weighted by Crippen LogP contribution is 2.57. The number of hydrogen-bond acceptors (Lipinski definition) is 9. The Bertz CT molecular complexity index is 1210. The maximum atomic E-state index is 11.8. The number of methoxy groups -OCH3 is 1. The predicted molar refractivity (Wildman–Crippen MR) is 187 cm³/mol. The lowest BCUT2D eigenvalue weighted by molar-refractivity contribution is -0.352. The standard InChI is InChI=1S/C40H68O10/c1-21-12-13-28(45-33(21)26(6)36(41)42)18-29-19-30(44-11)27(7)40(47-29)25(5)20-38(9,50-40)32-14-15-37(8,48-32)35-23(3)17-31(46-35)34-22(2)16-24(4)39(10,43)49-34/h21-35,43H,12-20H2,1-11H3,(H,41,42)/t21-,22-,23-,24+,25?,26+,27+,28?,29?,30+,31?,32?,33?,34?,35?,37-,38-,39-,40?/m0/s1. The molecular formula is C40H68O10. The third-order valence-electron chi connectivity index (χ3n) is 14.4. The highest BCUT2D eigenvalue weighted by Gasteiger charge is 2.65. The fraction of sp³-hybridized carbons (Fsp3) is 0.975. The summed E-state index contributed by atoms with van der Waals surface area (Å²) in [7, 11) is 1.78. The average Bonchev–Trinajstić information content (AvgIpc) is 3.72. The number of rotatable bonds is 8. The van der Waals surface area contributed by atoms with E-state index in [2.05, 4.69) is 55.4 Å². The molecule has 19 atom stereocenters. The normalized spacial score (nSPS) is 55.0. The topological polar surface area (TPSA) is 122 Å². The molecule has 6 aliphatic heterocycles. The van der Waals surface area contributed by atoms with Crippen molar-refractivity contribution < 1.29 is 48.2 Å². The van der Waals surface area contributed by atoms with Crippen molar-refractivity contribution >= 4 is 5.97 Å². The lowest BCUT2D eigenvalue weighted by Crippen LogP contribution is -2.58. The molecule has 0 radical (unpaired) electrons. The summed E-state index contributed by atoms with van der Waals surface area (Å²) in [4.78, 5) is 11.8. The van der Waals surface area contributed by atoms with Gasteiger partial charge in [0.1, 0.15) is 0 Å². The molecule has 0 saturated carbocycles. The Morgan fingerprint density at radius 2 is 1.56 bits per heavy atom. The van der Waals surface area contributed by atoms with Crippen LogP contribution in [-0.4, -0.2) is 94.9 Å². The summed E-state index contributed by atoms with van der Waals surface area (Å²) < 4.78 is 47.2. The summed E-state index contributed by atoms with van der Waals surface area (Å²) in [5, 5.41) is 20.6. The predicted octanol–water partition coefficient (Wildman–Crippen LogP) is 6.73. The van der Waals surface area contributed by atoms with Crippen molar-refractivity contribution in [2.75, 3.05) is 7.11 Å². The van der Waals surface area contributed by atoms with Crippen LogP contribution in [0.15, 0.2) is 0 Å². The monoisotopic (exact) mass is 708 g/mol. The number of aliphatic carboxylic acids is 1. The number of carboxylic acid groups (broad SMARTS) is 1. The zero-order chi connectivity index (χ0) is 36.6. The molecule has 2 N–H and O–H groups in total. The average molecular weight is 709 g/mol. The van der Waals surface area contributed by atoms with Crippen LogP contribution in [-0.2, 0) is 38.0 Å². The first kappa shape index (κ1) is 38.9. The molecule has 9 unspecified atom stereocenters. The van der Waals surface area contributed by atoms with Crippen LogP contribution in [0.1, 0.15) is 127 Å². The molecule has 288 valence electrons. The summed E-state index contributed by atoms with van der Waals surface area (Å²) >= 11 is 0. The number of aliphatic hydroxyl groups is 1. The van der Waals surface area contributed by atoms with Gasteiger partial charge in [-0.1, -0.05) is 41.5 Å². The largest absolute Gasteiger partial charge is 0.481 e. The Labute approximate surface area is 300 Å². The Balaban J connectivity index is 1.13. The Morgan fingerprint density at radius 3 is 2.24 bits per heavy atom. The van der Waals surface area contributed by atoms with E-state index in [1.54, 1.807) is 21.0 Å². The summed E-state index contributed by atoms with van der Waals surface area (Å²) in [6.07, 6.45) is 6.64. The molecule has 6 aliphatic rings. The Kier molecular flexibility index (Phi) is 11.0. The fourth-order valence-corrected chi connectivity index (χ4v) is 11.2. The van der Waals surface area contributed by atoms with Crippen LogP contribution in [0.25, 0.3) is 0 Å². The summed E-state index contributed by atoms with van der Waals surface area (Å²) in [5.41, 5.74) is -1.02. The van der Waals surface area contributed by atoms with Crippen molar-refractivity contribution in [3.8, 4) is 0 Å². The molecule has 6 rings (SSSR count). The van der Waals surface area contributed by atoms with Crippen LogP contribution in [0.3, 0.4) is 0 Å². The van der Waals surface area contributed by atoms with Gasteiger partial charge < -0.3 is 43.4 Å². The minimum atomic E-state index is -1.15. The van der Waals surface area contributed by atoms with Gasteiger partial charge in [0.05, 0.1) is 66.0 Å². The highest BCUT2D eigenvalue weighted by atomic mass is 16.7. The quantitative estimate of drug-likeness (QED) is 0.281. The zero-order valence-electron chi connectivity index (χ0n) is 32.7. The van der Waals surface area contributed by atoms with E-state index in [0.717, 1.165) is 51.4 Å². The minimum absolute atomic E-state index is 0.0109. The lowest BCUT2D eigenvalue weighted by atomic mass is 9.78. The molecule has 10 heteroatoms. The van der Waals surface area contributed by atoms with Gasteiger partial charge in [-0.2, -0.15) is 0 Å². The maximum absolute atomic E-state index is 11.8. The molecule has 0 aromatic rings. The van der Waals surface area contributed by atoms with Gasteiger partial charge >= 0.3 is 5.97 Å². The van der Waals surface area contributed by atoms with Crippen LogP contribution in [0.2, 0.25) is 0 Å². The van der Waals surface area contributed by atoms with E-state index in [1.165, 1.54) is 0 Å². The summed E-state index contributed by atoms with van der Waals surface area (Å²) in [6.45, 7) is 21.0. The van der Waals surface area contributed by atoms with E-state index in [4.69, 9.17) is 33.2 Å². The molecule has 0 aromatic carbocycles. The fourth-order valence-electron chi connectivity index (χ4n) is 11.2. The summed E-state index contributed by atoms with van der Waals surface area (Å²) in [5.74, 6) is -2.36. The first-order valence-corrected chi connectivity index (χ1v) is 19.8. The molecule has 1 spiro atoms. The van der Waals surface area contributed by atoms with Crippen molar-refractivity contribution in [2.45, 2.75) is 199 Å². The van der Waals surface area contributed by atoms with E-state index in [1.807, 2.05) is 0 Å². The number of hydrogen-bond donors (Lipinski definition) is 2.